The molecule has 3 fully saturated rings. The van der Waals surface area contributed by atoms with Crippen LogP contribution in [0, 0.1) is 29.2 Å². The maximum absolute atomic E-state index is 14.2. The van der Waals surface area contributed by atoms with Crippen LogP contribution < -0.4 is 27.0 Å². The molecule has 2 aliphatic carbocycles. The highest BCUT2D eigenvalue weighted by Gasteiger charge is 2.51. The van der Waals surface area contributed by atoms with Gasteiger partial charge in [-0.25, -0.2) is 0 Å². The number of nitrogens with one attached hydrogen (secondary N) is 5. The van der Waals surface area contributed by atoms with Crippen molar-refractivity contribution in [1.29, 1.82) is 5.53 Å². The van der Waals surface area contributed by atoms with E-state index >= 15 is 0 Å². The number of amidine groups is 1. The zero-order valence-corrected chi connectivity index (χ0v) is 29.0. The second-order valence-corrected chi connectivity index (χ2v) is 14.2. The van der Waals surface area contributed by atoms with Gasteiger partial charge < -0.3 is 31.9 Å². The van der Waals surface area contributed by atoms with Gasteiger partial charge in [-0.15, -0.1) is 5.10 Å². The van der Waals surface area contributed by atoms with Crippen molar-refractivity contribution in [3.63, 3.8) is 0 Å². The second kappa shape index (κ2) is 18.0. The molecule has 3 rings (SSSR count). The Kier molecular flexibility index (Phi) is 14.5. The lowest BCUT2D eigenvalue weighted by Gasteiger charge is -2.34. The molecule has 3 aliphatic rings. The van der Waals surface area contributed by atoms with Crippen molar-refractivity contribution in [3.05, 3.63) is 0 Å². The number of ketones is 1. The van der Waals surface area contributed by atoms with E-state index in [0.29, 0.717) is 38.6 Å². The zero-order valence-electron chi connectivity index (χ0n) is 29.0. The van der Waals surface area contributed by atoms with Crippen molar-refractivity contribution in [2.24, 2.45) is 39.7 Å². The number of fused-ring (bicyclic) bond motifs is 1. The first-order chi connectivity index (χ1) is 22.8. The van der Waals surface area contributed by atoms with Gasteiger partial charge in [-0.05, 0) is 68.6 Å². The molecule has 0 aromatic rings. The summed E-state index contributed by atoms with van der Waals surface area (Å²) < 4.78 is 0. The van der Waals surface area contributed by atoms with Crippen molar-refractivity contribution in [2.45, 2.75) is 135 Å². The Morgan fingerprint density at radius 2 is 1.56 bits per heavy atom. The average Bonchev–Trinajstić information content (AvgIpc) is 3.59. The fraction of sp³-hybridized carbons (Fsp3) is 0.788. The van der Waals surface area contributed by atoms with E-state index in [4.69, 9.17) is 11.3 Å². The van der Waals surface area contributed by atoms with E-state index in [-0.39, 0.29) is 53.8 Å². The monoisotopic (exact) mass is 673 g/mol. The maximum atomic E-state index is 14.2. The third-order valence-electron chi connectivity index (χ3n) is 9.55. The number of hydrogen-bond acceptors (Lipinski definition) is 8. The quantitative estimate of drug-likeness (QED) is 0.0298. The highest BCUT2D eigenvalue weighted by atomic mass is 16.2. The number of nitrogens with two attached hydrogens (primary N) is 1. The van der Waals surface area contributed by atoms with Gasteiger partial charge in [-0.2, -0.15) is 5.53 Å². The standard InChI is InChI=1S/C33H55N9O6/c1-6-10-23(29(44)32(47)36-21-15-16-21)37-31(46)28-22-12-9-11-20(22)17-42(28)33(48)27(19(4)5)39-30(45)26(18(2)3)38-25(43)14-8-7-13-24(34)40-41-35/h18-23,26-28H,6-17H2,1-5H3,(H,36,47)(H,37,46)(H,38,43)(H,39,45)(H3,34,35,40)/t20-,22-,23?,26+,27?,28?/m0/s1. The van der Waals surface area contributed by atoms with E-state index in [1.165, 1.54) is 0 Å². The summed E-state index contributed by atoms with van der Waals surface area (Å²) in [6, 6.07) is -3.64. The van der Waals surface area contributed by atoms with Gasteiger partial charge in [0, 0.05) is 25.4 Å². The van der Waals surface area contributed by atoms with Crippen molar-refractivity contribution < 1.29 is 28.8 Å². The molecule has 2 saturated carbocycles. The first-order valence-electron chi connectivity index (χ1n) is 17.5. The summed E-state index contributed by atoms with van der Waals surface area (Å²) in [5.41, 5.74) is 12.3. The van der Waals surface area contributed by atoms with Crippen molar-refractivity contribution in [1.82, 2.24) is 26.2 Å². The topological polar surface area (TPSA) is 228 Å². The molecule has 1 aliphatic heterocycles. The van der Waals surface area contributed by atoms with Crippen LogP contribution in [0.2, 0.25) is 0 Å². The molecule has 268 valence electrons. The number of carbonyl (C=O) groups is 6. The number of rotatable bonds is 19. The summed E-state index contributed by atoms with van der Waals surface area (Å²) in [5.74, 6) is -3.36. The lowest BCUT2D eigenvalue weighted by Crippen LogP contribution is -2.60. The van der Waals surface area contributed by atoms with Gasteiger partial charge in [0.2, 0.25) is 29.4 Å². The van der Waals surface area contributed by atoms with Gasteiger partial charge >= 0.3 is 0 Å². The van der Waals surface area contributed by atoms with Crippen molar-refractivity contribution in [2.75, 3.05) is 6.54 Å². The van der Waals surface area contributed by atoms with Gasteiger partial charge in [0.1, 0.15) is 24.0 Å². The van der Waals surface area contributed by atoms with Gasteiger partial charge in [0.15, 0.2) is 0 Å². The number of carbonyl (C=O) groups excluding carboxylic acids is 6. The minimum atomic E-state index is -0.987. The smallest absolute Gasteiger partial charge is 0.289 e. The van der Waals surface area contributed by atoms with Crippen LogP contribution in [0.3, 0.4) is 0 Å². The molecule has 0 spiro atoms. The largest absolute Gasteiger partial charge is 0.386 e. The Hall–Kier alpha value is -3.91. The van der Waals surface area contributed by atoms with E-state index in [2.05, 4.69) is 31.6 Å². The zero-order chi connectivity index (χ0) is 35.5. The molecule has 0 aromatic carbocycles. The average molecular weight is 674 g/mol. The molecule has 3 unspecified atom stereocenters. The molecule has 7 N–H and O–H groups in total. The molecule has 15 heteroatoms. The molecule has 48 heavy (non-hydrogen) atoms. The number of Topliss-reactive ketones (excluding diaryl/α,β-unsaturated/α-hetero) is 1. The SMILES string of the molecule is CCCC(NC(=O)C1[C@H]2CCC[C@H]2CN1C(=O)C(NC(=O)[C@H](NC(=O)CCCC/C(N)=N/N=N)C(C)C)C(C)C)C(=O)C(=O)NC1CC1. The van der Waals surface area contributed by atoms with Gasteiger partial charge in [0.25, 0.3) is 5.91 Å². The summed E-state index contributed by atoms with van der Waals surface area (Å²) in [7, 11) is 0. The lowest BCUT2D eigenvalue weighted by molar-refractivity contribution is -0.145. The van der Waals surface area contributed by atoms with Crippen LogP contribution in [0.5, 0.6) is 0 Å². The molecule has 6 atom stereocenters. The third-order valence-corrected chi connectivity index (χ3v) is 9.55. The highest BCUT2D eigenvalue weighted by Crippen LogP contribution is 2.42. The summed E-state index contributed by atoms with van der Waals surface area (Å²) in [6.45, 7) is 9.48. The lowest BCUT2D eigenvalue weighted by atomic mass is 9.92. The minimum absolute atomic E-state index is 0.00957. The molecule has 0 bridgehead atoms. The fourth-order valence-electron chi connectivity index (χ4n) is 6.75. The van der Waals surface area contributed by atoms with Crippen LogP contribution in [-0.2, 0) is 28.8 Å². The molecule has 0 aromatic heterocycles. The normalized spacial score (nSPS) is 22.4. The Labute approximate surface area is 283 Å². The van der Waals surface area contributed by atoms with E-state index < -0.39 is 47.7 Å². The molecular formula is C33H55N9O6. The third kappa shape index (κ3) is 10.5. The Morgan fingerprint density at radius 1 is 0.896 bits per heavy atom. The highest BCUT2D eigenvalue weighted by molar-refractivity contribution is 6.38. The summed E-state index contributed by atoms with van der Waals surface area (Å²) >= 11 is 0. The number of hydrogen-bond donors (Lipinski definition) is 6. The number of amides is 5. The van der Waals surface area contributed by atoms with Crippen LogP contribution in [0.25, 0.3) is 0 Å². The van der Waals surface area contributed by atoms with Crippen LogP contribution in [0.4, 0.5) is 0 Å². The summed E-state index contributed by atoms with van der Waals surface area (Å²) in [6.07, 6.45) is 6.73. The maximum Gasteiger partial charge on any atom is 0.289 e. The number of nitrogens with zero attached hydrogens (tertiary/aromatic N) is 3. The summed E-state index contributed by atoms with van der Waals surface area (Å²) in [4.78, 5) is 81.6. The first kappa shape index (κ1) is 38.5. The Morgan fingerprint density at radius 3 is 2.17 bits per heavy atom. The predicted octanol–water partition coefficient (Wildman–Crippen LogP) is 1.89. The van der Waals surface area contributed by atoms with Crippen molar-refractivity contribution >= 4 is 41.2 Å². The van der Waals surface area contributed by atoms with Crippen molar-refractivity contribution in [3.8, 4) is 0 Å². The van der Waals surface area contributed by atoms with E-state index in [9.17, 15) is 28.8 Å². The van der Waals surface area contributed by atoms with Gasteiger partial charge in [0.05, 0.1) is 6.04 Å². The van der Waals surface area contributed by atoms with Gasteiger partial charge in [-0.3, -0.25) is 28.8 Å². The number of unbranched alkanes of at least 4 members (excludes halogenated alkanes) is 1. The minimum Gasteiger partial charge on any atom is -0.386 e. The van der Waals surface area contributed by atoms with Crippen LogP contribution in [0.1, 0.15) is 105 Å². The predicted molar refractivity (Wildman–Crippen MR) is 178 cm³/mol. The molecule has 1 saturated heterocycles. The van der Waals surface area contributed by atoms with Crippen LogP contribution >= 0.6 is 0 Å². The van der Waals surface area contributed by atoms with E-state index in [1.807, 2.05) is 20.8 Å². The Balaban J connectivity index is 1.70. The van der Waals surface area contributed by atoms with E-state index in [1.54, 1.807) is 18.7 Å². The molecule has 0 radical (unpaired) electrons. The first-order valence-corrected chi connectivity index (χ1v) is 17.5. The van der Waals surface area contributed by atoms with Crippen LogP contribution in [0.15, 0.2) is 10.3 Å². The summed E-state index contributed by atoms with van der Waals surface area (Å²) in [5, 5.41) is 17.5. The molecule has 5 amide bonds. The van der Waals surface area contributed by atoms with Crippen LogP contribution in [-0.4, -0.2) is 82.8 Å². The molecule has 1 heterocycles. The van der Waals surface area contributed by atoms with E-state index in [0.717, 1.165) is 32.1 Å². The second-order valence-electron chi connectivity index (χ2n) is 14.2. The van der Waals surface area contributed by atoms with Gasteiger partial charge in [-0.1, -0.05) is 52.7 Å². The number of likely N-dealkylation sites (tertiary alicyclic amines) is 1. The fourth-order valence-corrected chi connectivity index (χ4v) is 6.75. The molecule has 15 nitrogen and oxygen atoms in total. The Bertz CT molecular complexity index is 1230. The molecular weight excluding hydrogens is 618 g/mol.